The molecule has 7 heteroatoms. The monoisotopic (exact) mass is 272 g/mol. The fraction of sp³-hybridized carbons (Fsp3) is 0.667. The standard InChI is InChI=1S/C12H20N2O5/c1-6(15)10(17)3-8-4-13-5-9(14-8)12(19)11(18)7(2)16/h4-7,10-12,15-19H,3H2,1-2H3/t6-,7-,10-,11+,12+/m0/s1. The lowest BCUT2D eigenvalue weighted by molar-refractivity contribution is -0.0550. The Labute approximate surface area is 111 Å². The molecule has 7 nitrogen and oxygen atoms in total. The van der Waals surface area contributed by atoms with E-state index in [1.165, 1.54) is 26.2 Å². The molecule has 1 aromatic rings. The van der Waals surface area contributed by atoms with Gasteiger partial charge in [0, 0.05) is 12.6 Å². The molecule has 0 unspecified atom stereocenters. The Morgan fingerprint density at radius 1 is 1.00 bits per heavy atom. The number of rotatable bonds is 6. The summed E-state index contributed by atoms with van der Waals surface area (Å²) < 4.78 is 0. The van der Waals surface area contributed by atoms with Crippen molar-refractivity contribution >= 4 is 0 Å². The third kappa shape index (κ3) is 4.48. The molecule has 0 radical (unpaired) electrons. The summed E-state index contributed by atoms with van der Waals surface area (Å²) in [6, 6.07) is 0. The van der Waals surface area contributed by atoms with Crippen molar-refractivity contribution in [1.82, 2.24) is 9.97 Å². The molecule has 0 saturated carbocycles. The first kappa shape index (κ1) is 15.9. The first-order chi connectivity index (χ1) is 8.82. The number of aliphatic hydroxyl groups is 5. The molecule has 0 aromatic carbocycles. The van der Waals surface area contributed by atoms with Gasteiger partial charge in [0.05, 0.1) is 35.9 Å². The van der Waals surface area contributed by atoms with Gasteiger partial charge in [-0.25, -0.2) is 0 Å². The van der Waals surface area contributed by atoms with E-state index in [-0.39, 0.29) is 12.1 Å². The van der Waals surface area contributed by atoms with Crippen molar-refractivity contribution < 1.29 is 25.5 Å². The molecule has 0 aliphatic heterocycles. The summed E-state index contributed by atoms with van der Waals surface area (Å²) in [7, 11) is 0. The van der Waals surface area contributed by atoms with Crippen LogP contribution in [0.25, 0.3) is 0 Å². The van der Waals surface area contributed by atoms with Gasteiger partial charge in [-0.15, -0.1) is 0 Å². The zero-order valence-corrected chi connectivity index (χ0v) is 10.9. The van der Waals surface area contributed by atoms with Gasteiger partial charge in [0.25, 0.3) is 0 Å². The van der Waals surface area contributed by atoms with Crippen LogP contribution in [-0.4, -0.2) is 59.9 Å². The molecule has 1 rings (SSSR count). The molecule has 0 saturated heterocycles. The lowest BCUT2D eigenvalue weighted by atomic mass is 10.1. The number of hydrogen-bond acceptors (Lipinski definition) is 7. The molecule has 0 fully saturated rings. The molecule has 0 spiro atoms. The number of hydrogen-bond donors (Lipinski definition) is 5. The van der Waals surface area contributed by atoms with E-state index < -0.39 is 30.5 Å². The van der Waals surface area contributed by atoms with E-state index in [0.29, 0.717) is 5.69 Å². The molecule has 1 heterocycles. The summed E-state index contributed by atoms with van der Waals surface area (Å²) in [4.78, 5) is 7.90. The van der Waals surface area contributed by atoms with Crippen LogP contribution in [0, 0.1) is 0 Å². The third-order valence-electron chi connectivity index (χ3n) is 2.80. The molecule has 0 amide bonds. The van der Waals surface area contributed by atoms with Gasteiger partial charge in [0.2, 0.25) is 0 Å². The number of aliphatic hydroxyl groups excluding tert-OH is 5. The summed E-state index contributed by atoms with van der Waals surface area (Å²) in [6.45, 7) is 2.80. The van der Waals surface area contributed by atoms with Crippen molar-refractivity contribution in [3.8, 4) is 0 Å². The highest BCUT2D eigenvalue weighted by Crippen LogP contribution is 2.17. The van der Waals surface area contributed by atoms with E-state index in [0.717, 1.165) is 0 Å². The van der Waals surface area contributed by atoms with Crippen LogP contribution in [0.4, 0.5) is 0 Å². The molecular weight excluding hydrogens is 252 g/mol. The molecular formula is C12H20N2O5. The van der Waals surface area contributed by atoms with Gasteiger partial charge in [0.1, 0.15) is 12.2 Å². The summed E-state index contributed by atoms with van der Waals surface area (Å²) in [6.07, 6.45) is -2.98. The van der Waals surface area contributed by atoms with Crippen LogP contribution in [0.3, 0.4) is 0 Å². The molecule has 19 heavy (non-hydrogen) atoms. The van der Waals surface area contributed by atoms with Gasteiger partial charge < -0.3 is 25.5 Å². The van der Waals surface area contributed by atoms with E-state index in [9.17, 15) is 25.5 Å². The molecule has 0 aliphatic rings. The topological polar surface area (TPSA) is 127 Å². The summed E-state index contributed by atoms with van der Waals surface area (Å²) >= 11 is 0. The summed E-state index contributed by atoms with van der Waals surface area (Å²) in [5.41, 5.74) is 0.478. The second kappa shape index (κ2) is 6.88. The highest BCUT2D eigenvalue weighted by Gasteiger charge is 2.24. The van der Waals surface area contributed by atoms with Crippen molar-refractivity contribution in [2.45, 2.75) is 50.8 Å². The smallest absolute Gasteiger partial charge is 0.126 e. The fourth-order valence-electron chi connectivity index (χ4n) is 1.49. The maximum absolute atomic E-state index is 9.80. The largest absolute Gasteiger partial charge is 0.391 e. The molecule has 108 valence electrons. The molecule has 5 atom stereocenters. The summed E-state index contributed by atoms with van der Waals surface area (Å²) in [5.74, 6) is 0. The van der Waals surface area contributed by atoms with Crippen LogP contribution in [-0.2, 0) is 6.42 Å². The van der Waals surface area contributed by atoms with Crippen LogP contribution < -0.4 is 0 Å². The summed E-state index contributed by atoms with van der Waals surface area (Å²) in [5, 5.41) is 47.3. The van der Waals surface area contributed by atoms with Crippen LogP contribution in [0.5, 0.6) is 0 Å². The Morgan fingerprint density at radius 2 is 1.63 bits per heavy atom. The van der Waals surface area contributed by atoms with Crippen LogP contribution in [0.15, 0.2) is 12.4 Å². The van der Waals surface area contributed by atoms with Gasteiger partial charge in [-0.3, -0.25) is 9.97 Å². The molecule has 0 bridgehead atoms. The molecule has 5 N–H and O–H groups in total. The second-order valence-corrected chi connectivity index (χ2v) is 4.62. The van der Waals surface area contributed by atoms with E-state index in [4.69, 9.17) is 0 Å². The normalized spacial score (nSPS) is 19.5. The zero-order valence-electron chi connectivity index (χ0n) is 10.9. The maximum atomic E-state index is 9.80. The minimum atomic E-state index is -1.37. The van der Waals surface area contributed by atoms with Gasteiger partial charge in [-0.1, -0.05) is 0 Å². The van der Waals surface area contributed by atoms with Gasteiger partial charge >= 0.3 is 0 Å². The number of aromatic nitrogens is 2. The first-order valence-corrected chi connectivity index (χ1v) is 6.04. The predicted octanol–water partition coefficient (Wildman–Crippen LogP) is -1.46. The molecule has 0 aliphatic carbocycles. The van der Waals surface area contributed by atoms with Crippen molar-refractivity contribution in [1.29, 1.82) is 0 Å². The van der Waals surface area contributed by atoms with Crippen molar-refractivity contribution in [2.24, 2.45) is 0 Å². The van der Waals surface area contributed by atoms with Crippen molar-refractivity contribution in [2.75, 3.05) is 0 Å². The first-order valence-electron chi connectivity index (χ1n) is 6.04. The zero-order chi connectivity index (χ0) is 14.6. The maximum Gasteiger partial charge on any atom is 0.126 e. The van der Waals surface area contributed by atoms with E-state index in [1.54, 1.807) is 0 Å². The highest BCUT2D eigenvalue weighted by atomic mass is 16.4. The minimum absolute atomic E-state index is 0.0794. The van der Waals surface area contributed by atoms with Crippen molar-refractivity contribution in [3.63, 3.8) is 0 Å². The minimum Gasteiger partial charge on any atom is -0.391 e. The molecule has 1 aromatic heterocycles. The predicted molar refractivity (Wildman–Crippen MR) is 66.1 cm³/mol. The fourth-order valence-corrected chi connectivity index (χ4v) is 1.49. The average molecular weight is 272 g/mol. The van der Waals surface area contributed by atoms with Crippen LogP contribution in [0.1, 0.15) is 31.3 Å². The lowest BCUT2D eigenvalue weighted by Gasteiger charge is -2.20. The van der Waals surface area contributed by atoms with E-state index >= 15 is 0 Å². The Balaban J connectivity index is 2.82. The van der Waals surface area contributed by atoms with Gasteiger partial charge in [-0.2, -0.15) is 0 Å². The quantitative estimate of drug-likeness (QED) is 0.428. The second-order valence-electron chi connectivity index (χ2n) is 4.62. The highest BCUT2D eigenvalue weighted by molar-refractivity contribution is 5.08. The third-order valence-corrected chi connectivity index (χ3v) is 2.80. The van der Waals surface area contributed by atoms with E-state index in [1.807, 2.05) is 0 Å². The lowest BCUT2D eigenvalue weighted by Crippen LogP contribution is -2.31. The van der Waals surface area contributed by atoms with Gasteiger partial charge in [-0.05, 0) is 13.8 Å². The SMILES string of the molecule is C[C@H](O)[C@@H](O)[C@H](O)c1cncc(C[C@H](O)[C@H](C)O)n1. The average Bonchev–Trinajstić information content (AvgIpc) is 2.37. The van der Waals surface area contributed by atoms with Gasteiger partial charge in [0.15, 0.2) is 0 Å². The van der Waals surface area contributed by atoms with E-state index in [2.05, 4.69) is 9.97 Å². The number of nitrogens with zero attached hydrogens (tertiary/aromatic N) is 2. The van der Waals surface area contributed by atoms with Crippen LogP contribution >= 0.6 is 0 Å². The Bertz CT molecular complexity index is 399. The Hall–Kier alpha value is -1.12. The van der Waals surface area contributed by atoms with Crippen LogP contribution in [0.2, 0.25) is 0 Å². The Morgan fingerprint density at radius 3 is 2.16 bits per heavy atom. The Kier molecular flexibility index (Phi) is 5.77. The van der Waals surface area contributed by atoms with Crippen molar-refractivity contribution in [3.05, 3.63) is 23.8 Å².